The second-order valence-electron chi connectivity index (χ2n) is 8.46. The molecule has 0 aromatic heterocycles. The van der Waals surface area contributed by atoms with E-state index < -0.39 is 18.4 Å². The number of carbonyl (C=O) groups excluding carboxylic acids is 1. The van der Waals surface area contributed by atoms with Crippen molar-refractivity contribution in [3.63, 3.8) is 0 Å². The predicted octanol–water partition coefficient (Wildman–Crippen LogP) is 8.30. The number of hydrogen-bond acceptors (Lipinski definition) is 1. The number of Topliss-reactive ketones (excluding diaryl/α,β-unsaturated/α-hetero) is 1. The summed E-state index contributed by atoms with van der Waals surface area (Å²) in [7, 11) is 0. The van der Waals surface area contributed by atoms with Crippen LogP contribution >= 0.6 is 0 Å². The Labute approximate surface area is 179 Å². The summed E-state index contributed by atoms with van der Waals surface area (Å²) in [4.78, 5) is 12.8. The van der Waals surface area contributed by atoms with E-state index >= 15 is 0 Å². The Balaban J connectivity index is 3.34. The van der Waals surface area contributed by atoms with Gasteiger partial charge in [0, 0.05) is 0 Å². The molecule has 2 heteroatoms. The molecule has 1 nitrogen and oxygen atoms in total. The first-order valence-electron chi connectivity index (χ1n) is 11.8. The third kappa shape index (κ3) is 8.05. The van der Waals surface area contributed by atoms with Crippen LogP contribution < -0.4 is 0 Å². The molecule has 28 heavy (non-hydrogen) atoms. The van der Waals surface area contributed by atoms with E-state index in [2.05, 4.69) is 58.0 Å². The van der Waals surface area contributed by atoms with Crippen LogP contribution in [0.5, 0.6) is 0 Å². The minimum absolute atomic E-state index is 0.397. The van der Waals surface area contributed by atoms with Gasteiger partial charge < -0.3 is 0 Å². The molecule has 0 aliphatic rings. The van der Waals surface area contributed by atoms with E-state index in [1.807, 2.05) is 6.92 Å². The fraction of sp³-hybridized carbons (Fsp3) is 0.654. The van der Waals surface area contributed by atoms with E-state index in [4.69, 9.17) is 0 Å². The normalized spacial score (nSPS) is 12.8. The number of aryl methyl sites for hydroxylation is 1. The Morgan fingerprint density at radius 3 is 1.75 bits per heavy atom. The molecule has 0 saturated carbocycles. The van der Waals surface area contributed by atoms with E-state index in [1.165, 1.54) is 57.4 Å². The van der Waals surface area contributed by atoms with Crippen LogP contribution in [0.2, 0.25) is 13.3 Å². The Bertz CT molecular complexity index is 566. The summed E-state index contributed by atoms with van der Waals surface area (Å²) < 4.78 is 6.04. The van der Waals surface area contributed by atoms with Crippen LogP contribution in [-0.2, 0) is 11.2 Å². The summed E-state index contributed by atoms with van der Waals surface area (Å²) in [6.45, 7) is 11.2. The predicted molar refractivity (Wildman–Crippen MR) is 128 cm³/mol. The van der Waals surface area contributed by atoms with Crippen molar-refractivity contribution in [2.75, 3.05) is 0 Å². The molecule has 0 amide bonds. The number of ketones is 1. The molecule has 0 atom stereocenters. The monoisotopic (exact) mass is 492 g/mol. The average molecular weight is 491 g/mol. The molecule has 0 N–H and O–H groups in total. The Morgan fingerprint density at radius 2 is 1.32 bits per heavy atom. The summed E-state index contributed by atoms with van der Waals surface area (Å²) in [6, 6.07) is 10.9. The maximum absolute atomic E-state index is 12.8. The fourth-order valence-electron chi connectivity index (χ4n) is 4.57. The van der Waals surface area contributed by atoms with Gasteiger partial charge in [-0.15, -0.1) is 0 Å². The molecule has 0 radical (unpaired) electrons. The van der Waals surface area contributed by atoms with Crippen LogP contribution in [0.4, 0.5) is 0 Å². The maximum atomic E-state index is 12.8. The molecular formula is C26H44OSn. The van der Waals surface area contributed by atoms with Gasteiger partial charge in [0.2, 0.25) is 0 Å². The number of carbonyl (C=O) groups is 1. The summed E-state index contributed by atoms with van der Waals surface area (Å²) in [5.74, 6) is 0.397. The van der Waals surface area contributed by atoms with Gasteiger partial charge in [0.25, 0.3) is 0 Å². The molecule has 0 heterocycles. The molecule has 1 aromatic rings. The standard InChI is InChI=1S/C14H17O.3C4H9.Sn/c1-3-14(15)12(2)8-7-11-13-9-5-4-6-10-13;3*1-3-4-2;/h4-6,9-10H,3,7,11H2,1-2H3;3*1,3-4H2,2H3;. The Kier molecular flexibility index (Phi) is 13.1. The zero-order chi connectivity index (χ0) is 20.8. The minimum atomic E-state index is -2.57. The molecule has 0 fully saturated rings. The molecule has 0 spiro atoms. The first kappa shape index (κ1) is 25.5. The van der Waals surface area contributed by atoms with Gasteiger partial charge in [-0.2, -0.15) is 0 Å². The summed E-state index contributed by atoms with van der Waals surface area (Å²) in [5, 5.41) is 0. The number of rotatable bonds is 15. The number of allylic oxidation sites excluding steroid dienone is 2. The van der Waals surface area contributed by atoms with Gasteiger partial charge in [0.1, 0.15) is 0 Å². The van der Waals surface area contributed by atoms with Crippen molar-refractivity contribution in [2.24, 2.45) is 0 Å². The van der Waals surface area contributed by atoms with Crippen LogP contribution in [0, 0.1) is 0 Å². The van der Waals surface area contributed by atoms with Gasteiger partial charge in [-0.1, -0.05) is 0 Å². The number of hydrogen-bond donors (Lipinski definition) is 0. The van der Waals surface area contributed by atoms with Gasteiger partial charge in [-0.25, -0.2) is 0 Å². The van der Waals surface area contributed by atoms with E-state index in [1.54, 1.807) is 3.59 Å². The molecule has 158 valence electrons. The summed E-state index contributed by atoms with van der Waals surface area (Å²) >= 11 is -2.57. The SMILES string of the molecule is CCC[CH2][Sn]([CH2]CCC)([CH2]CCC)/[C](CCc1ccccc1)=C(/C)C(=O)CC. The zero-order valence-corrected chi connectivity index (χ0v) is 22.1. The van der Waals surface area contributed by atoms with Gasteiger partial charge in [0.15, 0.2) is 0 Å². The van der Waals surface area contributed by atoms with E-state index in [9.17, 15) is 4.79 Å². The molecule has 0 bridgehead atoms. The van der Waals surface area contributed by atoms with E-state index in [0.717, 1.165) is 18.4 Å². The molecule has 1 aromatic carbocycles. The third-order valence-electron chi connectivity index (χ3n) is 6.37. The molecule has 0 unspecified atom stereocenters. The van der Waals surface area contributed by atoms with Gasteiger partial charge >= 0.3 is 180 Å². The Morgan fingerprint density at radius 1 is 0.821 bits per heavy atom. The van der Waals surface area contributed by atoms with Crippen molar-refractivity contribution >= 4 is 24.2 Å². The average Bonchev–Trinajstić information content (AvgIpc) is 2.74. The second-order valence-corrected chi connectivity index (χ2v) is 21.8. The molecule has 0 saturated heterocycles. The van der Waals surface area contributed by atoms with E-state index in [-0.39, 0.29) is 0 Å². The van der Waals surface area contributed by atoms with Crippen LogP contribution in [0.25, 0.3) is 0 Å². The zero-order valence-electron chi connectivity index (χ0n) is 19.3. The van der Waals surface area contributed by atoms with Crippen molar-refractivity contribution in [3.05, 3.63) is 45.1 Å². The van der Waals surface area contributed by atoms with Gasteiger partial charge in [0.05, 0.1) is 0 Å². The van der Waals surface area contributed by atoms with E-state index in [0.29, 0.717) is 12.2 Å². The fourth-order valence-corrected chi connectivity index (χ4v) is 22.7. The number of unbranched alkanes of at least 4 members (excludes halogenated alkanes) is 3. The topological polar surface area (TPSA) is 17.1 Å². The third-order valence-corrected chi connectivity index (χ3v) is 23.0. The molecule has 1 rings (SSSR count). The van der Waals surface area contributed by atoms with Crippen LogP contribution in [0.1, 0.15) is 91.5 Å². The summed E-state index contributed by atoms with van der Waals surface area (Å²) in [6.07, 6.45) is 10.8. The van der Waals surface area contributed by atoms with Crippen LogP contribution in [-0.4, -0.2) is 24.2 Å². The van der Waals surface area contributed by atoms with Crippen molar-refractivity contribution in [2.45, 2.75) is 106 Å². The first-order chi connectivity index (χ1) is 13.5. The molecular weight excluding hydrogens is 447 g/mol. The van der Waals surface area contributed by atoms with Gasteiger partial charge in [-0.05, 0) is 0 Å². The second kappa shape index (κ2) is 14.4. The molecule has 0 aliphatic carbocycles. The number of benzene rings is 1. The van der Waals surface area contributed by atoms with Crippen molar-refractivity contribution in [1.29, 1.82) is 0 Å². The van der Waals surface area contributed by atoms with Crippen molar-refractivity contribution < 1.29 is 4.79 Å². The van der Waals surface area contributed by atoms with Crippen molar-refractivity contribution in [1.82, 2.24) is 0 Å². The first-order valence-corrected chi connectivity index (χ1v) is 19.3. The Hall–Kier alpha value is -0.571. The van der Waals surface area contributed by atoms with Crippen LogP contribution in [0.3, 0.4) is 0 Å². The quantitative estimate of drug-likeness (QED) is 0.178. The molecule has 0 aliphatic heterocycles. The summed E-state index contributed by atoms with van der Waals surface area (Å²) in [5.41, 5.74) is 2.58. The van der Waals surface area contributed by atoms with Crippen molar-refractivity contribution in [3.8, 4) is 0 Å². The van der Waals surface area contributed by atoms with Gasteiger partial charge in [-0.3, -0.25) is 0 Å². The van der Waals surface area contributed by atoms with Crippen LogP contribution in [0.15, 0.2) is 39.5 Å².